The number of fused-ring (bicyclic) bond motifs is 2. The molecule has 0 bridgehead atoms. The molecule has 2 aliphatic rings. The van der Waals surface area contributed by atoms with Crippen LogP contribution in [0.25, 0.3) is 17.0 Å². The Bertz CT molecular complexity index is 1440. The fourth-order valence-corrected chi connectivity index (χ4v) is 6.26. The van der Waals surface area contributed by atoms with Crippen molar-refractivity contribution in [1.82, 2.24) is 15.0 Å². The molecular formula is C31H33N5. The zero-order valence-electron chi connectivity index (χ0n) is 21.1. The normalized spacial score (nSPS) is 18.9. The van der Waals surface area contributed by atoms with Gasteiger partial charge in [0.05, 0.1) is 22.6 Å². The SMILES string of the molecule is C/C=C\c1nc(N2CCC3(CC2)Cc2ccccc2[C@H]3N)c(C)nc1Cc1cccc2ncccc12. The van der Waals surface area contributed by atoms with Crippen LogP contribution in [-0.2, 0) is 12.8 Å². The Morgan fingerprint density at radius 3 is 2.67 bits per heavy atom. The van der Waals surface area contributed by atoms with Gasteiger partial charge in [0.1, 0.15) is 0 Å². The quantitative estimate of drug-likeness (QED) is 0.404. The van der Waals surface area contributed by atoms with Crippen LogP contribution in [0.5, 0.6) is 0 Å². The summed E-state index contributed by atoms with van der Waals surface area (Å²) < 4.78 is 0. The van der Waals surface area contributed by atoms with Crippen LogP contribution < -0.4 is 10.6 Å². The van der Waals surface area contributed by atoms with E-state index in [0.717, 1.165) is 67.2 Å². The maximum atomic E-state index is 6.81. The van der Waals surface area contributed by atoms with Gasteiger partial charge in [0.2, 0.25) is 0 Å². The van der Waals surface area contributed by atoms with Crippen molar-refractivity contribution in [3.63, 3.8) is 0 Å². The van der Waals surface area contributed by atoms with Crippen LogP contribution >= 0.6 is 0 Å². The maximum absolute atomic E-state index is 6.81. The first kappa shape index (κ1) is 22.9. The standard InChI is InChI=1S/C31H33N5/c1-3-8-27-28(19-22-10-6-13-26-24(22)12-7-16-33-26)34-21(2)30(35-27)36-17-14-31(15-18-36)20-23-9-4-5-11-25(23)29(31)32/h3-13,16,29H,14-15,17-20,32H2,1-2H3/b8-3-/t29-/m1/s1. The summed E-state index contributed by atoms with van der Waals surface area (Å²) in [6.07, 6.45) is 9.96. The van der Waals surface area contributed by atoms with Crippen molar-refractivity contribution in [2.75, 3.05) is 18.0 Å². The maximum Gasteiger partial charge on any atom is 0.150 e. The van der Waals surface area contributed by atoms with E-state index in [1.54, 1.807) is 0 Å². The summed E-state index contributed by atoms with van der Waals surface area (Å²) in [6, 6.07) is 19.3. The third kappa shape index (κ3) is 3.88. The number of nitrogens with two attached hydrogens (primary N) is 1. The van der Waals surface area contributed by atoms with Gasteiger partial charge in [0.25, 0.3) is 0 Å². The molecule has 2 aromatic heterocycles. The van der Waals surface area contributed by atoms with Crippen molar-refractivity contribution >= 4 is 22.8 Å². The van der Waals surface area contributed by atoms with Gasteiger partial charge in [0.15, 0.2) is 5.82 Å². The number of pyridine rings is 1. The van der Waals surface area contributed by atoms with Gasteiger partial charge in [-0.05, 0) is 73.4 Å². The van der Waals surface area contributed by atoms with E-state index in [4.69, 9.17) is 15.7 Å². The van der Waals surface area contributed by atoms with Gasteiger partial charge in [-0.3, -0.25) is 9.97 Å². The highest BCUT2D eigenvalue weighted by molar-refractivity contribution is 5.82. The number of allylic oxidation sites excluding steroid dienone is 1. The minimum absolute atomic E-state index is 0.124. The molecule has 36 heavy (non-hydrogen) atoms. The molecule has 0 radical (unpaired) electrons. The number of aromatic nitrogens is 3. The molecule has 5 heteroatoms. The molecule has 1 aliphatic heterocycles. The molecule has 2 N–H and O–H groups in total. The van der Waals surface area contributed by atoms with Crippen molar-refractivity contribution in [3.05, 3.63) is 101 Å². The van der Waals surface area contributed by atoms with E-state index in [0.29, 0.717) is 0 Å². The molecule has 0 saturated carbocycles. The number of nitrogens with zero attached hydrogens (tertiary/aromatic N) is 4. The molecule has 2 aromatic carbocycles. The Morgan fingerprint density at radius 2 is 1.86 bits per heavy atom. The van der Waals surface area contributed by atoms with Crippen LogP contribution in [-0.4, -0.2) is 28.0 Å². The van der Waals surface area contributed by atoms with Crippen LogP contribution in [0.15, 0.2) is 66.9 Å². The van der Waals surface area contributed by atoms with Crippen molar-refractivity contribution in [1.29, 1.82) is 0 Å². The lowest BCUT2D eigenvalue weighted by atomic mass is 9.73. The third-order valence-electron chi connectivity index (χ3n) is 8.22. The fourth-order valence-electron chi connectivity index (χ4n) is 6.26. The molecule has 4 aromatic rings. The summed E-state index contributed by atoms with van der Waals surface area (Å²) in [7, 11) is 0. The molecule has 6 rings (SSSR count). The summed E-state index contributed by atoms with van der Waals surface area (Å²) >= 11 is 0. The third-order valence-corrected chi connectivity index (χ3v) is 8.22. The van der Waals surface area contributed by atoms with Crippen molar-refractivity contribution in [2.24, 2.45) is 11.1 Å². The van der Waals surface area contributed by atoms with E-state index in [9.17, 15) is 0 Å². The second kappa shape index (κ2) is 9.14. The minimum atomic E-state index is 0.124. The van der Waals surface area contributed by atoms with Crippen LogP contribution in [0, 0.1) is 12.3 Å². The van der Waals surface area contributed by atoms with Crippen LogP contribution in [0.3, 0.4) is 0 Å². The summed E-state index contributed by atoms with van der Waals surface area (Å²) in [5.74, 6) is 1.00. The lowest BCUT2D eigenvalue weighted by molar-refractivity contribution is 0.187. The molecule has 5 nitrogen and oxygen atoms in total. The molecule has 1 aliphatic carbocycles. The number of aryl methyl sites for hydroxylation is 1. The summed E-state index contributed by atoms with van der Waals surface area (Å²) in [5.41, 5.74) is 14.9. The smallest absolute Gasteiger partial charge is 0.150 e. The minimum Gasteiger partial charge on any atom is -0.355 e. The van der Waals surface area contributed by atoms with E-state index < -0.39 is 0 Å². The number of benzene rings is 2. The predicted octanol–water partition coefficient (Wildman–Crippen LogP) is 5.80. The first-order valence-electron chi connectivity index (χ1n) is 13.0. The van der Waals surface area contributed by atoms with Gasteiger partial charge in [-0.2, -0.15) is 0 Å². The molecule has 3 heterocycles. The number of hydrogen-bond acceptors (Lipinski definition) is 5. The first-order chi connectivity index (χ1) is 17.6. The largest absolute Gasteiger partial charge is 0.355 e. The Balaban J connectivity index is 1.27. The molecule has 1 atom stereocenters. The van der Waals surface area contributed by atoms with Crippen molar-refractivity contribution < 1.29 is 0 Å². The van der Waals surface area contributed by atoms with Crippen LogP contribution in [0.1, 0.15) is 59.6 Å². The molecule has 182 valence electrons. The number of anilines is 1. The fraction of sp³-hybridized carbons (Fsp3) is 0.323. The Labute approximate surface area is 213 Å². The molecule has 1 saturated heterocycles. The summed E-state index contributed by atoms with van der Waals surface area (Å²) in [5, 5.41) is 1.17. The van der Waals surface area contributed by atoms with Gasteiger partial charge < -0.3 is 10.6 Å². The van der Waals surface area contributed by atoms with E-state index >= 15 is 0 Å². The van der Waals surface area contributed by atoms with E-state index in [2.05, 4.69) is 77.5 Å². The molecule has 1 spiro atoms. The topological polar surface area (TPSA) is 67.9 Å². The monoisotopic (exact) mass is 475 g/mol. The molecule has 1 fully saturated rings. The van der Waals surface area contributed by atoms with Crippen molar-refractivity contribution in [2.45, 2.75) is 45.6 Å². The number of rotatable bonds is 4. The van der Waals surface area contributed by atoms with E-state index in [1.807, 2.05) is 19.2 Å². The number of hydrogen-bond donors (Lipinski definition) is 1. The van der Waals surface area contributed by atoms with Gasteiger partial charge in [-0.25, -0.2) is 4.98 Å². The van der Waals surface area contributed by atoms with Gasteiger partial charge >= 0.3 is 0 Å². The highest BCUT2D eigenvalue weighted by atomic mass is 15.2. The van der Waals surface area contributed by atoms with Crippen LogP contribution in [0.2, 0.25) is 0 Å². The predicted molar refractivity (Wildman–Crippen MR) is 147 cm³/mol. The zero-order valence-corrected chi connectivity index (χ0v) is 21.1. The Hall–Kier alpha value is -3.57. The van der Waals surface area contributed by atoms with E-state index in [1.165, 1.54) is 22.1 Å². The number of piperidine rings is 1. The second-order valence-corrected chi connectivity index (χ2v) is 10.3. The first-order valence-corrected chi connectivity index (χ1v) is 13.0. The van der Waals surface area contributed by atoms with Gasteiger partial charge in [-0.1, -0.05) is 48.5 Å². The lowest BCUT2D eigenvalue weighted by Gasteiger charge is -2.43. The molecular weight excluding hydrogens is 442 g/mol. The van der Waals surface area contributed by atoms with Crippen LogP contribution in [0.4, 0.5) is 5.82 Å². The van der Waals surface area contributed by atoms with Gasteiger partial charge in [-0.15, -0.1) is 0 Å². The van der Waals surface area contributed by atoms with E-state index in [-0.39, 0.29) is 11.5 Å². The highest BCUT2D eigenvalue weighted by Crippen LogP contribution is 2.51. The zero-order chi connectivity index (χ0) is 24.7. The van der Waals surface area contributed by atoms with Gasteiger partial charge in [0, 0.05) is 37.1 Å². The second-order valence-electron chi connectivity index (χ2n) is 10.3. The summed E-state index contributed by atoms with van der Waals surface area (Å²) in [6.45, 7) is 6.05. The summed E-state index contributed by atoms with van der Waals surface area (Å²) in [4.78, 5) is 17.2. The lowest BCUT2D eigenvalue weighted by Crippen LogP contribution is -2.45. The average Bonchev–Trinajstić information content (AvgIpc) is 3.17. The molecule has 0 amide bonds. The Kier molecular flexibility index (Phi) is 5.81. The molecule has 0 unspecified atom stereocenters. The Morgan fingerprint density at radius 1 is 1.03 bits per heavy atom. The van der Waals surface area contributed by atoms with Crippen molar-refractivity contribution in [3.8, 4) is 0 Å². The average molecular weight is 476 g/mol. The highest BCUT2D eigenvalue weighted by Gasteiger charge is 2.46.